The van der Waals surface area contributed by atoms with E-state index >= 15 is 0 Å². The SMILES string of the molecule is Nc1c(C(=O)N2CC[C@@H](N)C2)cc(F)cc1[N+](=O)[O-]. The quantitative estimate of drug-likeness (QED) is 0.460. The van der Waals surface area contributed by atoms with Crippen molar-refractivity contribution < 1.29 is 14.1 Å². The van der Waals surface area contributed by atoms with Gasteiger partial charge in [-0.25, -0.2) is 4.39 Å². The summed E-state index contributed by atoms with van der Waals surface area (Å²) in [5.41, 5.74) is 10.1. The van der Waals surface area contributed by atoms with E-state index in [4.69, 9.17) is 11.5 Å². The molecule has 0 saturated carbocycles. The first kappa shape index (κ1) is 13.2. The first-order chi connectivity index (χ1) is 8.90. The molecule has 1 aliphatic rings. The average molecular weight is 268 g/mol. The summed E-state index contributed by atoms with van der Waals surface area (Å²) in [4.78, 5) is 23.5. The van der Waals surface area contributed by atoms with Crippen molar-refractivity contribution in [3.05, 3.63) is 33.6 Å². The van der Waals surface area contributed by atoms with Crippen LogP contribution in [0.25, 0.3) is 0 Å². The maximum absolute atomic E-state index is 13.3. The molecule has 4 N–H and O–H groups in total. The smallest absolute Gasteiger partial charge is 0.295 e. The molecule has 1 fully saturated rings. The second kappa shape index (κ2) is 4.81. The minimum Gasteiger partial charge on any atom is -0.393 e. The van der Waals surface area contributed by atoms with Crippen molar-refractivity contribution in [2.45, 2.75) is 12.5 Å². The number of benzene rings is 1. The van der Waals surface area contributed by atoms with Crippen LogP contribution in [-0.2, 0) is 0 Å². The Balaban J connectivity index is 2.39. The van der Waals surface area contributed by atoms with Crippen molar-refractivity contribution in [1.82, 2.24) is 4.90 Å². The fourth-order valence-corrected chi connectivity index (χ4v) is 2.07. The summed E-state index contributed by atoms with van der Waals surface area (Å²) in [6, 6.07) is 1.48. The van der Waals surface area contributed by atoms with Crippen LogP contribution >= 0.6 is 0 Å². The molecule has 7 nitrogen and oxygen atoms in total. The molecule has 0 radical (unpaired) electrons. The van der Waals surface area contributed by atoms with Crippen LogP contribution < -0.4 is 11.5 Å². The van der Waals surface area contributed by atoms with Crippen LogP contribution in [0.5, 0.6) is 0 Å². The van der Waals surface area contributed by atoms with Gasteiger partial charge in [0, 0.05) is 19.1 Å². The summed E-state index contributed by atoms with van der Waals surface area (Å²) in [7, 11) is 0. The number of nitrogens with two attached hydrogens (primary N) is 2. The molecule has 1 aliphatic heterocycles. The van der Waals surface area contributed by atoms with Gasteiger partial charge in [0.1, 0.15) is 11.5 Å². The van der Waals surface area contributed by atoms with Gasteiger partial charge in [0.2, 0.25) is 0 Å². The van der Waals surface area contributed by atoms with Crippen LogP contribution in [0.2, 0.25) is 0 Å². The third-order valence-electron chi connectivity index (χ3n) is 3.06. The van der Waals surface area contributed by atoms with E-state index in [9.17, 15) is 19.3 Å². The molecule has 0 bridgehead atoms. The van der Waals surface area contributed by atoms with Gasteiger partial charge in [-0.05, 0) is 12.5 Å². The highest BCUT2D eigenvalue weighted by Gasteiger charge is 2.29. The lowest BCUT2D eigenvalue weighted by atomic mass is 10.1. The number of nitrogens with zero attached hydrogens (tertiary/aromatic N) is 2. The van der Waals surface area contributed by atoms with E-state index < -0.39 is 22.3 Å². The lowest BCUT2D eigenvalue weighted by molar-refractivity contribution is -0.384. The molecule has 0 aliphatic carbocycles. The molecule has 0 unspecified atom stereocenters. The van der Waals surface area contributed by atoms with Crippen LogP contribution in [0.3, 0.4) is 0 Å². The van der Waals surface area contributed by atoms with Gasteiger partial charge in [0.15, 0.2) is 0 Å². The van der Waals surface area contributed by atoms with E-state index in [1.54, 1.807) is 0 Å². The second-order valence-corrected chi connectivity index (χ2v) is 4.44. The largest absolute Gasteiger partial charge is 0.393 e. The van der Waals surface area contributed by atoms with Crippen LogP contribution in [-0.4, -0.2) is 34.9 Å². The summed E-state index contributed by atoms with van der Waals surface area (Å²) >= 11 is 0. The molecule has 8 heteroatoms. The molecule has 0 spiro atoms. The lowest BCUT2D eigenvalue weighted by Gasteiger charge is -2.16. The highest BCUT2D eigenvalue weighted by atomic mass is 19.1. The van der Waals surface area contributed by atoms with E-state index in [2.05, 4.69) is 0 Å². The fraction of sp³-hybridized carbons (Fsp3) is 0.364. The third-order valence-corrected chi connectivity index (χ3v) is 3.06. The van der Waals surface area contributed by atoms with Gasteiger partial charge in [-0.2, -0.15) is 0 Å². The number of nitro benzene ring substituents is 1. The lowest BCUT2D eigenvalue weighted by Crippen LogP contribution is -2.32. The first-order valence-electron chi connectivity index (χ1n) is 5.68. The zero-order valence-electron chi connectivity index (χ0n) is 10.0. The summed E-state index contributed by atoms with van der Waals surface area (Å²) in [6.45, 7) is 0.770. The van der Waals surface area contributed by atoms with Gasteiger partial charge in [0.25, 0.3) is 11.6 Å². The van der Waals surface area contributed by atoms with E-state index in [1.807, 2.05) is 0 Å². The monoisotopic (exact) mass is 268 g/mol. The number of nitrogen functional groups attached to an aromatic ring is 1. The highest BCUT2D eigenvalue weighted by molar-refractivity contribution is 6.01. The number of likely N-dealkylation sites (tertiary alicyclic amines) is 1. The number of amides is 1. The summed E-state index contributed by atoms with van der Waals surface area (Å²) in [5.74, 6) is -1.40. The second-order valence-electron chi connectivity index (χ2n) is 4.44. The summed E-state index contributed by atoms with van der Waals surface area (Å²) in [6.07, 6.45) is 0.642. The minimum absolute atomic E-state index is 0.131. The number of halogens is 1. The standard InChI is InChI=1S/C11H13FN4O3/c12-6-3-8(10(14)9(4-6)16(18)19)11(17)15-2-1-7(13)5-15/h3-4,7H,1-2,5,13-14H2/t7-/m1/s1. The number of carbonyl (C=O) groups is 1. The van der Waals surface area contributed by atoms with Crippen LogP contribution in [0.15, 0.2) is 12.1 Å². The number of hydrogen-bond donors (Lipinski definition) is 2. The third kappa shape index (κ3) is 2.48. The molecular formula is C11H13FN4O3. The van der Waals surface area contributed by atoms with Gasteiger partial charge in [-0.3, -0.25) is 14.9 Å². The number of rotatable bonds is 2. The van der Waals surface area contributed by atoms with Gasteiger partial charge in [-0.1, -0.05) is 0 Å². The Morgan fingerprint density at radius 1 is 1.53 bits per heavy atom. The van der Waals surface area contributed by atoms with E-state index in [1.165, 1.54) is 4.90 Å². The molecule has 0 aromatic heterocycles. The molecular weight excluding hydrogens is 255 g/mol. The Morgan fingerprint density at radius 3 is 2.74 bits per heavy atom. The normalized spacial score (nSPS) is 18.6. The molecule has 1 heterocycles. The molecule has 1 atom stereocenters. The van der Waals surface area contributed by atoms with Crippen LogP contribution in [0.4, 0.5) is 15.8 Å². The van der Waals surface area contributed by atoms with Crippen molar-refractivity contribution in [3.8, 4) is 0 Å². The highest BCUT2D eigenvalue weighted by Crippen LogP contribution is 2.28. The minimum atomic E-state index is -0.868. The zero-order chi connectivity index (χ0) is 14.2. The topological polar surface area (TPSA) is 115 Å². The Kier molecular flexibility index (Phi) is 3.34. The van der Waals surface area contributed by atoms with Gasteiger partial charge >= 0.3 is 0 Å². The Morgan fingerprint density at radius 2 is 2.21 bits per heavy atom. The van der Waals surface area contributed by atoms with E-state index in [0.717, 1.165) is 6.07 Å². The van der Waals surface area contributed by atoms with E-state index in [-0.39, 0.29) is 17.3 Å². The predicted molar refractivity (Wildman–Crippen MR) is 66.0 cm³/mol. The van der Waals surface area contributed by atoms with Crippen molar-refractivity contribution in [1.29, 1.82) is 0 Å². The molecule has 19 heavy (non-hydrogen) atoms. The molecule has 1 aromatic rings. The summed E-state index contributed by atoms with van der Waals surface area (Å²) < 4.78 is 13.3. The van der Waals surface area contributed by atoms with Gasteiger partial charge < -0.3 is 16.4 Å². The molecule has 102 valence electrons. The maximum atomic E-state index is 13.3. The predicted octanol–water partition coefficient (Wildman–Crippen LogP) is 0.489. The number of nitro groups is 1. The molecule has 1 saturated heterocycles. The van der Waals surface area contributed by atoms with Gasteiger partial charge in [-0.15, -0.1) is 0 Å². The Hall–Kier alpha value is -2.22. The van der Waals surface area contributed by atoms with E-state index in [0.29, 0.717) is 25.6 Å². The fourth-order valence-electron chi connectivity index (χ4n) is 2.07. The Labute approximate surface area is 108 Å². The number of anilines is 1. The van der Waals surface area contributed by atoms with Crippen LogP contribution in [0.1, 0.15) is 16.8 Å². The number of carbonyl (C=O) groups excluding carboxylic acids is 1. The van der Waals surface area contributed by atoms with Crippen molar-refractivity contribution in [3.63, 3.8) is 0 Å². The van der Waals surface area contributed by atoms with Crippen molar-refractivity contribution >= 4 is 17.3 Å². The van der Waals surface area contributed by atoms with Gasteiger partial charge in [0.05, 0.1) is 16.6 Å². The zero-order valence-corrected chi connectivity index (χ0v) is 10.0. The molecule has 2 rings (SSSR count). The summed E-state index contributed by atoms with van der Waals surface area (Å²) in [5, 5.41) is 10.7. The van der Waals surface area contributed by atoms with Crippen molar-refractivity contribution in [2.75, 3.05) is 18.8 Å². The molecule has 1 amide bonds. The number of hydrogen-bond acceptors (Lipinski definition) is 5. The Bertz CT molecular complexity index is 549. The van der Waals surface area contributed by atoms with Crippen molar-refractivity contribution in [2.24, 2.45) is 5.73 Å². The average Bonchev–Trinajstić information content (AvgIpc) is 2.77. The maximum Gasteiger partial charge on any atom is 0.295 e. The van der Waals surface area contributed by atoms with Crippen LogP contribution in [0, 0.1) is 15.9 Å². The first-order valence-corrected chi connectivity index (χ1v) is 5.68. The molecule has 1 aromatic carbocycles.